The van der Waals surface area contributed by atoms with Crippen LogP contribution < -0.4 is 5.43 Å². The Balaban J connectivity index is 2.30. The maximum atomic E-state index is 13.3. The molecular weight excluding hydrogens is 308 g/mol. The lowest BCUT2D eigenvalue weighted by molar-refractivity contribution is -0.385. The molecule has 0 fully saturated rings. The van der Waals surface area contributed by atoms with Crippen LogP contribution in [-0.2, 0) is 0 Å². The van der Waals surface area contributed by atoms with E-state index in [1.165, 1.54) is 24.3 Å². The summed E-state index contributed by atoms with van der Waals surface area (Å²) in [5.41, 5.74) is 0.279. The normalized spacial score (nSPS) is 10.9. The molecule has 0 aliphatic rings. The van der Waals surface area contributed by atoms with E-state index in [9.17, 15) is 27.7 Å². The first-order chi connectivity index (χ1) is 10.4. The Hall–Kier alpha value is -3.04. The molecule has 1 aromatic heterocycles. The molecule has 10 heteroatoms. The number of nitrogens with zero attached hydrogens (tertiary/aromatic N) is 3. The van der Waals surface area contributed by atoms with Crippen LogP contribution in [0, 0.1) is 33.6 Å². The number of anilines is 1. The number of para-hydroxylation sites is 1. The topological polar surface area (TPSA) is 80.4 Å². The van der Waals surface area contributed by atoms with Crippen molar-refractivity contribution >= 4 is 17.6 Å². The van der Waals surface area contributed by atoms with Gasteiger partial charge < -0.3 is 0 Å². The highest BCUT2D eigenvalue weighted by Crippen LogP contribution is 2.22. The third-order valence-electron chi connectivity index (χ3n) is 2.51. The van der Waals surface area contributed by atoms with E-state index in [1.54, 1.807) is 5.43 Å². The van der Waals surface area contributed by atoms with E-state index < -0.39 is 34.1 Å². The Morgan fingerprint density at radius 3 is 2.32 bits per heavy atom. The molecule has 0 saturated heterocycles. The zero-order valence-corrected chi connectivity index (χ0v) is 10.6. The number of halogens is 4. The average molecular weight is 314 g/mol. The lowest BCUT2D eigenvalue weighted by atomic mass is 10.2. The van der Waals surface area contributed by atoms with Gasteiger partial charge in [-0.2, -0.15) is 27.6 Å². The molecule has 0 amide bonds. The van der Waals surface area contributed by atoms with Crippen molar-refractivity contribution in [1.82, 2.24) is 4.98 Å². The Kier molecular flexibility index (Phi) is 4.30. The van der Waals surface area contributed by atoms with Crippen LogP contribution >= 0.6 is 0 Å². The number of nitro groups is 1. The molecule has 0 aliphatic heterocycles. The molecule has 1 N–H and O–H groups in total. The Morgan fingerprint density at radius 2 is 1.73 bits per heavy atom. The van der Waals surface area contributed by atoms with E-state index in [0.29, 0.717) is 0 Å². The van der Waals surface area contributed by atoms with Gasteiger partial charge in [-0.15, -0.1) is 0 Å². The van der Waals surface area contributed by atoms with Crippen molar-refractivity contribution in [2.75, 3.05) is 5.43 Å². The van der Waals surface area contributed by atoms with E-state index in [0.717, 1.165) is 6.21 Å². The number of hydrogen-bond donors (Lipinski definition) is 1. The number of aromatic nitrogens is 1. The summed E-state index contributed by atoms with van der Waals surface area (Å²) in [4.78, 5) is 12.4. The predicted octanol–water partition coefficient (Wildman–Crippen LogP) is 2.99. The van der Waals surface area contributed by atoms with Gasteiger partial charge in [-0.05, 0) is 6.07 Å². The average Bonchev–Trinajstić information content (AvgIpc) is 2.49. The van der Waals surface area contributed by atoms with Gasteiger partial charge in [0, 0.05) is 6.07 Å². The number of pyridine rings is 1. The highest BCUT2D eigenvalue weighted by Gasteiger charge is 2.20. The van der Waals surface area contributed by atoms with Crippen molar-refractivity contribution in [3.05, 3.63) is 63.5 Å². The van der Waals surface area contributed by atoms with Gasteiger partial charge in [0.15, 0.2) is 0 Å². The summed E-state index contributed by atoms with van der Waals surface area (Å²) in [7, 11) is 0. The molecule has 0 spiro atoms. The molecule has 0 atom stereocenters. The molecule has 0 saturated carbocycles. The van der Waals surface area contributed by atoms with Gasteiger partial charge in [-0.25, -0.2) is 0 Å². The second kappa shape index (κ2) is 6.16. The zero-order valence-electron chi connectivity index (χ0n) is 10.6. The van der Waals surface area contributed by atoms with Crippen LogP contribution in [-0.4, -0.2) is 16.1 Å². The summed E-state index contributed by atoms with van der Waals surface area (Å²) >= 11 is 0. The summed E-state index contributed by atoms with van der Waals surface area (Å²) in [6, 6.07) is 5.40. The highest BCUT2D eigenvalue weighted by molar-refractivity contribution is 5.85. The van der Waals surface area contributed by atoms with Gasteiger partial charge in [0.2, 0.25) is 11.6 Å². The van der Waals surface area contributed by atoms with Crippen molar-refractivity contribution in [1.29, 1.82) is 0 Å². The number of nitrogens with one attached hydrogen (secondary N) is 1. The van der Waals surface area contributed by atoms with Crippen molar-refractivity contribution in [2.45, 2.75) is 0 Å². The first-order valence-electron chi connectivity index (χ1n) is 5.64. The Morgan fingerprint density at radius 1 is 1.14 bits per heavy atom. The van der Waals surface area contributed by atoms with Crippen LogP contribution in [0.15, 0.2) is 29.4 Å². The molecule has 114 valence electrons. The molecule has 2 aromatic rings. The van der Waals surface area contributed by atoms with E-state index in [2.05, 4.69) is 10.1 Å². The van der Waals surface area contributed by atoms with Gasteiger partial charge in [0.25, 0.3) is 17.6 Å². The minimum atomic E-state index is -1.85. The molecular formula is C12H6F4N4O2. The molecule has 6 nitrogen and oxygen atoms in total. The lowest BCUT2D eigenvalue weighted by Gasteiger charge is -2.04. The number of rotatable bonds is 4. The number of benzene rings is 1. The van der Waals surface area contributed by atoms with Gasteiger partial charge >= 0.3 is 0 Å². The van der Waals surface area contributed by atoms with Gasteiger partial charge in [0.1, 0.15) is 5.69 Å². The SMILES string of the molecule is O=[N+]([O-])c1ccccc1/C=N\Nc1c(F)c(F)nc(F)c1F. The Bertz CT molecular complexity index is 741. The van der Waals surface area contributed by atoms with Crippen molar-refractivity contribution < 1.29 is 22.5 Å². The van der Waals surface area contributed by atoms with Crippen LogP contribution in [0.1, 0.15) is 5.56 Å². The van der Waals surface area contributed by atoms with Gasteiger partial charge in [-0.3, -0.25) is 15.5 Å². The smallest absolute Gasteiger partial charge is 0.272 e. The van der Waals surface area contributed by atoms with E-state index >= 15 is 0 Å². The number of hydrazone groups is 1. The van der Waals surface area contributed by atoms with Crippen molar-refractivity contribution in [2.24, 2.45) is 5.10 Å². The predicted molar refractivity (Wildman–Crippen MR) is 68.4 cm³/mol. The van der Waals surface area contributed by atoms with E-state index in [1.807, 2.05) is 0 Å². The van der Waals surface area contributed by atoms with E-state index in [4.69, 9.17) is 0 Å². The number of hydrogen-bond acceptors (Lipinski definition) is 5. The van der Waals surface area contributed by atoms with Crippen molar-refractivity contribution in [3.63, 3.8) is 0 Å². The fourth-order valence-electron chi connectivity index (χ4n) is 1.51. The summed E-state index contributed by atoms with van der Waals surface area (Å²) in [5, 5.41) is 14.1. The molecule has 2 rings (SSSR count). The monoisotopic (exact) mass is 314 g/mol. The fraction of sp³-hybridized carbons (Fsp3) is 0. The Labute approximate surface area is 120 Å². The van der Waals surface area contributed by atoms with Crippen LogP contribution in [0.4, 0.5) is 28.9 Å². The maximum absolute atomic E-state index is 13.3. The minimum Gasteiger partial charge on any atom is -0.272 e. The highest BCUT2D eigenvalue weighted by atomic mass is 19.2. The molecule has 1 aromatic carbocycles. The van der Waals surface area contributed by atoms with Crippen LogP contribution in [0.5, 0.6) is 0 Å². The van der Waals surface area contributed by atoms with Crippen LogP contribution in [0.3, 0.4) is 0 Å². The summed E-state index contributed by atoms with van der Waals surface area (Å²) in [6.07, 6.45) is 0.882. The first-order valence-corrected chi connectivity index (χ1v) is 5.64. The third kappa shape index (κ3) is 3.00. The zero-order chi connectivity index (χ0) is 16.3. The molecule has 0 radical (unpaired) electrons. The van der Waals surface area contributed by atoms with Crippen LogP contribution in [0.25, 0.3) is 0 Å². The number of nitro benzene ring substituents is 1. The quantitative estimate of drug-likeness (QED) is 0.309. The van der Waals surface area contributed by atoms with Gasteiger partial charge in [0.05, 0.1) is 16.7 Å². The molecule has 22 heavy (non-hydrogen) atoms. The van der Waals surface area contributed by atoms with Crippen molar-refractivity contribution in [3.8, 4) is 0 Å². The second-order valence-corrected chi connectivity index (χ2v) is 3.88. The maximum Gasteiger partial charge on any atom is 0.278 e. The minimum absolute atomic E-state index is 0.0239. The molecule has 0 bridgehead atoms. The standard InChI is InChI=1S/C12H6F4N4O2/c13-8-10(9(14)12(16)18-11(8)15)19-17-5-6-3-1-2-4-7(6)20(21)22/h1-5H,(H,18,19)/b17-5-. The lowest BCUT2D eigenvalue weighted by Crippen LogP contribution is -2.06. The first kappa shape index (κ1) is 15.4. The summed E-state index contributed by atoms with van der Waals surface area (Å²) in [5.74, 6) is -7.22. The second-order valence-electron chi connectivity index (χ2n) is 3.88. The van der Waals surface area contributed by atoms with Crippen LogP contribution in [0.2, 0.25) is 0 Å². The summed E-state index contributed by atoms with van der Waals surface area (Å²) < 4.78 is 52.3. The fourth-order valence-corrected chi connectivity index (χ4v) is 1.51. The molecule has 1 heterocycles. The molecule has 0 aliphatic carbocycles. The largest absolute Gasteiger partial charge is 0.278 e. The molecule has 0 unspecified atom stereocenters. The van der Waals surface area contributed by atoms with Gasteiger partial charge in [-0.1, -0.05) is 12.1 Å². The third-order valence-corrected chi connectivity index (χ3v) is 2.51. The van der Waals surface area contributed by atoms with E-state index in [-0.39, 0.29) is 11.3 Å². The summed E-state index contributed by atoms with van der Waals surface area (Å²) in [6.45, 7) is 0.